The van der Waals surface area contributed by atoms with E-state index in [0.29, 0.717) is 22.9 Å². The predicted octanol–water partition coefficient (Wildman–Crippen LogP) is 4.76. The quantitative estimate of drug-likeness (QED) is 0.693. The van der Waals surface area contributed by atoms with Crippen molar-refractivity contribution in [2.45, 2.75) is 46.5 Å². The minimum absolute atomic E-state index is 0.136. The van der Waals surface area contributed by atoms with Crippen molar-refractivity contribution in [3.63, 3.8) is 0 Å². The first-order valence-electron chi connectivity index (χ1n) is 8.75. The van der Waals surface area contributed by atoms with E-state index in [0.717, 1.165) is 11.1 Å². The van der Waals surface area contributed by atoms with Crippen molar-refractivity contribution >= 4 is 29.2 Å². The first-order valence-corrected chi connectivity index (χ1v) is 9.12. The van der Waals surface area contributed by atoms with E-state index in [9.17, 15) is 9.59 Å². The molecule has 2 rings (SSSR count). The first kappa shape index (κ1) is 20.9. The third-order valence-corrected chi connectivity index (χ3v) is 4.12. The number of esters is 1. The minimum atomic E-state index is -0.945. The maximum atomic E-state index is 12.3. The fraction of sp³-hybridized carbons (Fsp3) is 0.333. The van der Waals surface area contributed by atoms with Gasteiger partial charge in [0.2, 0.25) is 0 Å². The fourth-order valence-electron chi connectivity index (χ4n) is 2.25. The molecule has 2 aromatic rings. The molecule has 1 amide bonds. The molecule has 0 aliphatic carbocycles. The molecule has 5 nitrogen and oxygen atoms in total. The van der Waals surface area contributed by atoms with Gasteiger partial charge in [-0.05, 0) is 63.1 Å². The number of ether oxygens (including phenoxy) is 2. The van der Waals surface area contributed by atoms with Gasteiger partial charge in [-0.25, -0.2) is 4.79 Å². The zero-order valence-corrected chi connectivity index (χ0v) is 16.7. The molecular weight excluding hydrogens is 366 g/mol. The summed E-state index contributed by atoms with van der Waals surface area (Å²) in [6.45, 7) is 7.78. The van der Waals surface area contributed by atoms with E-state index in [-0.39, 0.29) is 6.10 Å². The minimum Gasteiger partial charge on any atom is -0.449 e. The summed E-state index contributed by atoms with van der Waals surface area (Å²) < 4.78 is 10.8. The Kier molecular flexibility index (Phi) is 7.39. The van der Waals surface area contributed by atoms with Gasteiger partial charge in [0.1, 0.15) is 0 Å². The highest BCUT2D eigenvalue weighted by Crippen LogP contribution is 2.20. The van der Waals surface area contributed by atoms with E-state index < -0.39 is 18.0 Å². The van der Waals surface area contributed by atoms with Crippen LogP contribution >= 0.6 is 11.6 Å². The summed E-state index contributed by atoms with van der Waals surface area (Å²) in [5, 5.41) is 3.24. The number of aryl methyl sites for hydroxylation is 1. The van der Waals surface area contributed by atoms with Gasteiger partial charge < -0.3 is 14.8 Å². The van der Waals surface area contributed by atoms with E-state index >= 15 is 0 Å². The average molecular weight is 390 g/mol. The van der Waals surface area contributed by atoms with Gasteiger partial charge in [-0.1, -0.05) is 29.8 Å². The lowest BCUT2D eigenvalue weighted by Crippen LogP contribution is -2.30. The third kappa shape index (κ3) is 6.38. The monoisotopic (exact) mass is 389 g/mol. The van der Waals surface area contributed by atoms with Crippen LogP contribution in [0, 0.1) is 6.92 Å². The lowest BCUT2D eigenvalue weighted by Gasteiger charge is -2.15. The number of rotatable bonds is 7. The molecular formula is C21H24ClNO4. The van der Waals surface area contributed by atoms with Gasteiger partial charge in [-0.3, -0.25) is 4.79 Å². The Morgan fingerprint density at radius 2 is 1.74 bits per heavy atom. The fourth-order valence-corrected chi connectivity index (χ4v) is 2.42. The second-order valence-corrected chi connectivity index (χ2v) is 6.99. The first-order chi connectivity index (χ1) is 12.8. The van der Waals surface area contributed by atoms with Gasteiger partial charge in [-0.15, -0.1) is 0 Å². The molecule has 0 bridgehead atoms. The largest absolute Gasteiger partial charge is 0.449 e. The van der Waals surface area contributed by atoms with Gasteiger partial charge in [0.15, 0.2) is 6.10 Å². The smallest absolute Gasteiger partial charge is 0.338 e. The second-order valence-electron chi connectivity index (χ2n) is 6.55. The molecule has 144 valence electrons. The van der Waals surface area contributed by atoms with Gasteiger partial charge >= 0.3 is 5.97 Å². The molecule has 27 heavy (non-hydrogen) atoms. The number of anilines is 1. The Hall–Kier alpha value is -2.37. The molecule has 1 atom stereocenters. The molecule has 1 N–H and O–H groups in total. The lowest BCUT2D eigenvalue weighted by molar-refractivity contribution is -0.123. The predicted molar refractivity (Wildman–Crippen MR) is 106 cm³/mol. The van der Waals surface area contributed by atoms with E-state index in [1.165, 1.54) is 6.92 Å². The molecule has 0 fully saturated rings. The number of amides is 1. The molecule has 0 radical (unpaired) electrons. The van der Waals surface area contributed by atoms with Crippen LogP contribution in [0.1, 0.15) is 42.3 Å². The average Bonchev–Trinajstić information content (AvgIpc) is 2.63. The van der Waals surface area contributed by atoms with Crippen LogP contribution in [0.4, 0.5) is 5.69 Å². The zero-order chi connectivity index (χ0) is 20.0. The standard InChI is InChI=1S/C21H24ClNO4/c1-13(2)26-12-16-6-8-17(9-7-16)21(25)27-15(4)20(24)23-19-11-18(22)10-5-14(19)3/h5-11,13,15H,12H2,1-4H3,(H,23,24)/t15-/m1/s1. The Morgan fingerprint density at radius 3 is 2.37 bits per heavy atom. The van der Waals surface area contributed by atoms with Crippen LogP contribution in [0.2, 0.25) is 5.02 Å². The summed E-state index contributed by atoms with van der Waals surface area (Å²) in [4.78, 5) is 24.6. The van der Waals surface area contributed by atoms with E-state index in [1.807, 2.05) is 20.8 Å². The maximum absolute atomic E-state index is 12.3. The summed E-state index contributed by atoms with van der Waals surface area (Å²) in [7, 11) is 0. The summed E-state index contributed by atoms with van der Waals surface area (Å²) in [6, 6.07) is 12.1. The van der Waals surface area contributed by atoms with Crippen LogP contribution in [-0.4, -0.2) is 24.1 Å². The lowest BCUT2D eigenvalue weighted by atomic mass is 10.1. The van der Waals surface area contributed by atoms with Crippen molar-refractivity contribution in [3.05, 3.63) is 64.2 Å². The molecule has 0 spiro atoms. The Labute approximate surface area is 164 Å². The number of hydrogen-bond acceptors (Lipinski definition) is 4. The molecule has 0 aromatic heterocycles. The van der Waals surface area contributed by atoms with Crippen molar-refractivity contribution in [1.29, 1.82) is 0 Å². The molecule has 0 heterocycles. The number of carbonyl (C=O) groups is 2. The van der Waals surface area contributed by atoms with Crippen molar-refractivity contribution < 1.29 is 19.1 Å². The highest BCUT2D eigenvalue weighted by atomic mass is 35.5. The van der Waals surface area contributed by atoms with Crippen molar-refractivity contribution in [2.75, 3.05) is 5.32 Å². The van der Waals surface area contributed by atoms with E-state index in [1.54, 1.807) is 42.5 Å². The molecule has 2 aromatic carbocycles. The summed E-state index contributed by atoms with van der Waals surface area (Å²) in [5.74, 6) is -0.979. The van der Waals surface area contributed by atoms with Crippen molar-refractivity contribution in [1.82, 2.24) is 0 Å². The van der Waals surface area contributed by atoms with Crippen LogP contribution in [0.3, 0.4) is 0 Å². The van der Waals surface area contributed by atoms with Gasteiger partial charge in [0, 0.05) is 10.7 Å². The SMILES string of the molecule is Cc1ccc(Cl)cc1NC(=O)[C@@H](C)OC(=O)c1ccc(COC(C)C)cc1. The van der Waals surface area contributed by atoms with Crippen molar-refractivity contribution in [3.8, 4) is 0 Å². The highest BCUT2D eigenvalue weighted by Gasteiger charge is 2.19. The van der Waals surface area contributed by atoms with Gasteiger partial charge in [-0.2, -0.15) is 0 Å². The highest BCUT2D eigenvalue weighted by molar-refractivity contribution is 6.31. The second kappa shape index (κ2) is 9.53. The molecule has 0 unspecified atom stereocenters. The molecule has 0 saturated heterocycles. The molecule has 0 aliphatic heterocycles. The number of carbonyl (C=O) groups excluding carboxylic acids is 2. The molecule has 0 aliphatic rings. The summed E-state index contributed by atoms with van der Waals surface area (Å²) in [5.41, 5.74) is 2.79. The van der Waals surface area contributed by atoms with Crippen LogP contribution in [0.5, 0.6) is 0 Å². The van der Waals surface area contributed by atoms with Crippen LogP contribution in [0.15, 0.2) is 42.5 Å². The van der Waals surface area contributed by atoms with Crippen LogP contribution < -0.4 is 5.32 Å². The number of benzene rings is 2. The maximum Gasteiger partial charge on any atom is 0.338 e. The number of halogens is 1. The topological polar surface area (TPSA) is 64.6 Å². The van der Waals surface area contributed by atoms with E-state index in [2.05, 4.69) is 5.32 Å². The number of nitrogens with one attached hydrogen (secondary N) is 1. The Balaban J connectivity index is 1.94. The normalized spacial score (nSPS) is 11.9. The summed E-state index contributed by atoms with van der Waals surface area (Å²) >= 11 is 5.95. The van der Waals surface area contributed by atoms with E-state index in [4.69, 9.17) is 21.1 Å². The number of hydrogen-bond donors (Lipinski definition) is 1. The van der Waals surface area contributed by atoms with Gasteiger partial charge in [0.05, 0.1) is 18.3 Å². The summed E-state index contributed by atoms with van der Waals surface area (Å²) in [6.07, 6.45) is -0.808. The van der Waals surface area contributed by atoms with Crippen LogP contribution in [-0.2, 0) is 20.9 Å². The Bertz CT molecular complexity index is 802. The van der Waals surface area contributed by atoms with Crippen LogP contribution in [0.25, 0.3) is 0 Å². The Morgan fingerprint density at radius 1 is 1.07 bits per heavy atom. The van der Waals surface area contributed by atoms with Crippen molar-refractivity contribution in [2.24, 2.45) is 0 Å². The molecule has 6 heteroatoms. The zero-order valence-electron chi connectivity index (χ0n) is 15.9. The third-order valence-electron chi connectivity index (χ3n) is 3.88. The van der Waals surface area contributed by atoms with Gasteiger partial charge in [0.25, 0.3) is 5.91 Å². The molecule has 0 saturated carbocycles.